The molecule has 0 amide bonds. The van der Waals surface area contributed by atoms with Crippen molar-refractivity contribution in [2.45, 2.75) is 0 Å². The maximum atomic E-state index is 14.9. The van der Waals surface area contributed by atoms with E-state index in [1.54, 1.807) is 0 Å². The summed E-state index contributed by atoms with van der Waals surface area (Å²) in [5, 5.41) is 4.49. The standard InChI is InChI=1S/C36H25N2OP/c39-40(30-14-6-2-7-15-30,31-16-8-3-9-17-31)32-18-10-13-29(25-32)34-24-22-28-20-19-27-21-23-33(26-11-4-1-5-12-26)37-35(27)36(28)38-34/h1-25H. The maximum absolute atomic E-state index is 14.9. The van der Waals surface area contributed by atoms with Gasteiger partial charge in [-0.1, -0.05) is 133 Å². The summed E-state index contributed by atoms with van der Waals surface area (Å²) in [5.74, 6) is 0. The first-order chi connectivity index (χ1) is 19.7. The van der Waals surface area contributed by atoms with Gasteiger partial charge in [0.1, 0.15) is 0 Å². The summed E-state index contributed by atoms with van der Waals surface area (Å²) in [4.78, 5) is 10.2. The van der Waals surface area contributed by atoms with Crippen LogP contribution in [0, 0.1) is 0 Å². The Morgan fingerprint density at radius 2 is 0.825 bits per heavy atom. The summed E-state index contributed by atoms with van der Waals surface area (Å²) >= 11 is 0. The van der Waals surface area contributed by atoms with E-state index in [4.69, 9.17) is 9.97 Å². The largest absolute Gasteiger partial charge is 0.309 e. The first kappa shape index (κ1) is 24.2. The molecular weight excluding hydrogens is 507 g/mol. The fourth-order valence-electron chi connectivity index (χ4n) is 5.28. The van der Waals surface area contributed by atoms with Gasteiger partial charge in [-0.05, 0) is 18.2 Å². The van der Waals surface area contributed by atoms with Crippen LogP contribution in [0.15, 0.2) is 152 Å². The molecule has 0 fully saturated rings. The fourth-order valence-corrected chi connectivity index (χ4v) is 7.98. The summed E-state index contributed by atoms with van der Waals surface area (Å²) in [5.41, 5.74) is 5.46. The Bertz CT molecular complexity index is 1980. The Morgan fingerprint density at radius 1 is 0.400 bits per heavy atom. The van der Waals surface area contributed by atoms with Crippen molar-refractivity contribution in [3.05, 3.63) is 152 Å². The third-order valence-electron chi connectivity index (χ3n) is 7.33. The highest BCUT2D eigenvalue weighted by molar-refractivity contribution is 7.85. The van der Waals surface area contributed by atoms with Gasteiger partial charge >= 0.3 is 0 Å². The highest BCUT2D eigenvalue weighted by Gasteiger charge is 2.29. The van der Waals surface area contributed by atoms with Gasteiger partial charge in [0.15, 0.2) is 7.14 Å². The van der Waals surface area contributed by atoms with Gasteiger partial charge in [0.25, 0.3) is 0 Å². The van der Waals surface area contributed by atoms with Crippen molar-refractivity contribution in [3.8, 4) is 22.5 Å². The van der Waals surface area contributed by atoms with Crippen LogP contribution in [-0.2, 0) is 4.57 Å². The molecule has 2 aromatic heterocycles. The van der Waals surface area contributed by atoms with Crippen LogP contribution in [0.2, 0.25) is 0 Å². The molecule has 3 nitrogen and oxygen atoms in total. The second kappa shape index (κ2) is 10.0. The molecule has 5 aromatic carbocycles. The van der Waals surface area contributed by atoms with Crippen LogP contribution < -0.4 is 15.9 Å². The monoisotopic (exact) mass is 532 g/mol. The zero-order valence-corrected chi connectivity index (χ0v) is 22.6. The van der Waals surface area contributed by atoms with E-state index in [2.05, 4.69) is 42.5 Å². The molecule has 0 spiro atoms. The Morgan fingerprint density at radius 3 is 1.38 bits per heavy atom. The third-order valence-corrected chi connectivity index (χ3v) is 10.4. The van der Waals surface area contributed by atoms with Crippen LogP contribution >= 0.6 is 7.14 Å². The Labute approximate surface area is 233 Å². The summed E-state index contributed by atoms with van der Waals surface area (Å²) in [6.07, 6.45) is 0. The first-order valence-electron chi connectivity index (χ1n) is 13.3. The van der Waals surface area contributed by atoms with Crippen LogP contribution in [0.3, 0.4) is 0 Å². The van der Waals surface area contributed by atoms with E-state index < -0.39 is 7.14 Å². The minimum atomic E-state index is -3.09. The highest BCUT2D eigenvalue weighted by Crippen LogP contribution is 2.43. The minimum Gasteiger partial charge on any atom is -0.309 e. The van der Waals surface area contributed by atoms with Crippen LogP contribution in [0.1, 0.15) is 0 Å². The molecule has 0 saturated carbocycles. The molecule has 0 aliphatic heterocycles. The van der Waals surface area contributed by atoms with Gasteiger partial charge in [0.2, 0.25) is 0 Å². The molecule has 190 valence electrons. The van der Waals surface area contributed by atoms with Crippen LogP contribution in [0.5, 0.6) is 0 Å². The van der Waals surface area contributed by atoms with Gasteiger partial charge in [-0.25, -0.2) is 9.97 Å². The van der Waals surface area contributed by atoms with Gasteiger partial charge in [-0.3, -0.25) is 0 Å². The molecular formula is C36H25N2OP. The summed E-state index contributed by atoms with van der Waals surface area (Å²) < 4.78 is 14.9. The Balaban J connectivity index is 1.39. The van der Waals surface area contributed by atoms with Crippen molar-refractivity contribution >= 4 is 44.9 Å². The second-order valence-corrected chi connectivity index (χ2v) is 12.6. The average Bonchev–Trinajstić information content (AvgIpc) is 3.05. The molecule has 2 heterocycles. The number of pyridine rings is 2. The molecule has 0 aliphatic rings. The molecule has 0 N–H and O–H groups in total. The lowest BCUT2D eigenvalue weighted by atomic mass is 10.1. The molecule has 0 bridgehead atoms. The number of fused-ring (bicyclic) bond motifs is 3. The fraction of sp³-hybridized carbons (Fsp3) is 0. The second-order valence-electron chi connectivity index (χ2n) is 9.80. The van der Waals surface area contributed by atoms with Crippen molar-refractivity contribution in [3.63, 3.8) is 0 Å². The van der Waals surface area contributed by atoms with E-state index in [0.717, 1.165) is 60.2 Å². The Hall–Kier alpha value is -4.85. The number of benzene rings is 5. The lowest BCUT2D eigenvalue weighted by Gasteiger charge is -2.20. The smallest absolute Gasteiger partial charge is 0.171 e. The lowest BCUT2D eigenvalue weighted by Crippen LogP contribution is -2.25. The first-order valence-corrected chi connectivity index (χ1v) is 15.0. The van der Waals surface area contributed by atoms with E-state index in [1.807, 2.05) is 109 Å². The predicted octanol–water partition coefficient (Wildman–Crippen LogP) is 7.76. The van der Waals surface area contributed by atoms with Gasteiger partial charge < -0.3 is 4.57 Å². The van der Waals surface area contributed by atoms with Crippen LogP contribution in [-0.4, -0.2) is 9.97 Å². The summed E-state index contributed by atoms with van der Waals surface area (Å²) in [6, 6.07) is 50.2. The molecule has 7 rings (SSSR count). The predicted molar refractivity (Wildman–Crippen MR) is 167 cm³/mol. The van der Waals surface area contributed by atoms with E-state index in [9.17, 15) is 4.57 Å². The number of nitrogens with zero attached hydrogens (tertiary/aromatic N) is 2. The molecule has 0 saturated heterocycles. The molecule has 7 aromatic rings. The quantitative estimate of drug-likeness (QED) is 0.168. The molecule has 0 unspecified atom stereocenters. The van der Waals surface area contributed by atoms with Gasteiger partial charge in [0, 0.05) is 37.8 Å². The third kappa shape index (κ3) is 4.22. The van der Waals surface area contributed by atoms with E-state index in [1.165, 1.54) is 0 Å². The zero-order valence-electron chi connectivity index (χ0n) is 21.7. The van der Waals surface area contributed by atoms with Gasteiger partial charge in [-0.2, -0.15) is 0 Å². The molecule has 4 heteroatoms. The number of aromatic nitrogens is 2. The normalized spacial score (nSPS) is 11.6. The number of hydrogen-bond acceptors (Lipinski definition) is 3. The van der Waals surface area contributed by atoms with Crippen LogP contribution in [0.25, 0.3) is 44.3 Å². The van der Waals surface area contributed by atoms with E-state index >= 15 is 0 Å². The van der Waals surface area contributed by atoms with Crippen molar-refractivity contribution in [1.29, 1.82) is 0 Å². The summed E-state index contributed by atoms with van der Waals surface area (Å²) in [6.45, 7) is 0. The molecule has 0 radical (unpaired) electrons. The SMILES string of the molecule is O=P(c1ccccc1)(c1ccccc1)c1cccc(-c2ccc3ccc4ccc(-c5ccccc5)nc4c3n2)c1. The highest BCUT2D eigenvalue weighted by atomic mass is 31.2. The number of rotatable bonds is 5. The molecule has 0 atom stereocenters. The van der Waals surface area contributed by atoms with E-state index in [0.29, 0.717) is 0 Å². The van der Waals surface area contributed by atoms with Crippen LogP contribution in [0.4, 0.5) is 0 Å². The van der Waals surface area contributed by atoms with Crippen molar-refractivity contribution < 1.29 is 4.57 Å². The Kier molecular flexibility index (Phi) is 6.07. The van der Waals surface area contributed by atoms with Crippen molar-refractivity contribution in [1.82, 2.24) is 9.97 Å². The molecule has 40 heavy (non-hydrogen) atoms. The number of hydrogen-bond donors (Lipinski definition) is 0. The maximum Gasteiger partial charge on any atom is 0.171 e. The van der Waals surface area contributed by atoms with Crippen molar-refractivity contribution in [2.75, 3.05) is 0 Å². The van der Waals surface area contributed by atoms with Crippen molar-refractivity contribution in [2.24, 2.45) is 0 Å². The minimum absolute atomic E-state index is 0.784. The lowest BCUT2D eigenvalue weighted by molar-refractivity contribution is 0.592. The zero-order chi connectivity index (χ0) is 26.9. The van der Waals surface area contributed by atoms with Gasteiger partial charge in [-0.15, -0.1) is 0 Å². The molecule has 0 aliphatic carbocycles. The van der Waals surface area contributed by atoms with E-state index in [-0.39, 0.29) is 0 Å². The average molecular weight is 533 g/mol. The summed E-state index contributed by atoms with van der Waals surface area (Å²) in [7, 11) is -3.09. The van der Waals surface area contributed by atoms with Gasteiger partial charge in [0.05, 0.1) is 22.4 Å². The topological polar surface area (TPSA) is 42.9 Å².